The molecular weight excluding hydrogens is 164 g/mol. The van der Waals surface area contributed by atoms with Crippen LogP contribution in [0.15, 0.2) is 41.1 Å². The number of hydrogen-bond donors (Lipinski definition) is 0. The monoisotopic (exact) mass is 180 g/mol. The Hall–Kier alpha value is -0.690. The molecule has 0 aliphatic rings. The van der Waals surface area contributed by atoms with Gasteiger partial charge in [-0.2, -0.15) is 0 Å². The van der Waals surface area contributed by atoms with E-state index >= 15 is 0 Å². The van der Waals surface area contributed by atoms with E-state index < -0.39 is 0 Å². The van der Waals surface area contributed by atoms with Crippen LogP contribution < -0.4 is 0 Å². The van der Waals surface area contributed by atoms with Gasteiger partial charge in [0.15, 0.2) is 0 Å². The molecule has 0 N–H and O–H groups in total. The quantitative estimate of drug-likeness (QED) is 0.613. The van der Waals surface area contributed by atoms with Crippen LogP contribution in [0.5, 0.6) is 0 Å². The highest BCUT2D eigenvalue weighted by Crippen LogP contribution is 2.17. The van der Waals surface area contributed by atoms with Crippen LogP contribution in [0.25, 0.3) is 0 Å². The van der Waals surface area contributed by atoms with Gasteiger partial charge < -0.3 is 0 Å². The highest BCUT2D eigenvalue weighted by atomic mass is 32.2. The van der Waals surface area contributed by atoms with Gasteiger partial charge in [-0.1, -0.05) is 49.9 Å². The maximum Gasteiger partial charge on any atom is 0.0116 e. The summed E-state index contributed by atoms with van der Waals surface area (Å²) in [7, 11) is 0. The van der Waals surface area contributed by atoms with Gasteiger partial charge in [-0.05, 0) is 24.5 Å². The maximum absolute atomic E-state index is 3.64. The molecule has 0 bridgehead atoms. The first kappa shape index (κ1) is 11.3. The molecule has 1 aromatic carbocycles. The van der Waals surface area contributed by atoms with E-state index in [1.165, 1.54) is 10.5 Å². The third kappa shape index (κ3) is 4.24. The van der Waals surface area contributed by atoms with E-state index in [1.807, 2.05) is 19.3 Å². The fourth-order valence-electron chi connectivity index (χ4n) is 0.713. The molecule has 0 aliphatic carbocycles. The van der Waals surface area contributed by atoms with Crippen LogP contribution in [0.4, 0.5) is 0 Å². The van der Waals surface area contributed by atoms with Crippen LogP contribution in [0.1, 0.15) is 19.4 Å². The molecule has 0 radical (unpaired) electrons. The van der Waals surface area contributed by atoms with Crippen molar-refractivity contribution in [2.24, 2.45) is 0 Å². The van der Waals surface area contributed by atoms with Crippen LogP contribution >= 0.6 is 11.8 Å². The molecule has 0 spiro atoms. The molecule has 0 amide bonds. The summed E-state index contributed by atoms with van der Waals surface area (Å²) in [4.78, 5) is 1.25. The number of aryl methyl sites for hydroxylation is 1. The van der Waals surface area contributed by atoms with Crippen molar-refractivity contribution in [1.82, 2.24) is 0 Å². The highest BCUT2D eigenvalue weighted by molar-refractivity contribution is 8.02. The molecule has 0 saturated heterocycles. The van der Waals surface area contributed by atoms with E-state index in [1.54, 1.807) is 11.8 Å². The predicted octanol–water partition coefficient (Wildman–Crippen LogP) is 4.26. The fourth-order valence-corrected chi connectivity index (χ4v) is 1.20. The van der Waals surface area contributed by atoms with E-state index in [4.69, 9.17) is 0 Å². The third-order valence-corrected chi connectivity index (χ3v) is 1.95. The van der Waals surface area contributed by atoms with Crippen LogP contribution in [0, 0.1) is 6.92 Å². The Labute approximate surface area is 79.7 Å². The molecule has 0 saturated carbocycles. The van der Waals surface area contributed by atoms with Gasteiger partial charge in [0.1, 0.15) is 0 Å². The van der Waals surface area contributed by atoms with E-state index in [0.717, 1.165) is 0 Å². The minimum Gasteiger partial charge on any atom is -0.0987 e. The Kier molecular flexibility index (Phi) is 6.58. The molecule has 1 heteroatoms. The molecule has 66 valence electrons. The second-order valence-electron chi connectivity index (χ2n) is 2.10. The SMILES string of the molecule is C=CSc1ccc(C)cc1.CC. The van der Waals surface area contributed by atoms with Crippen molar-refractivity contribution in [2.75, 3.05) is 0 Å². The summed E-state index contributed by atoms with van der Waals surface area (Å²) >= 11 is 1.65. The molecule has 0 nitrogen and oxygen atoms in total. The topological polar surface area (TPSA) is 0 Å². The van der Waals surface area contributed by atoms with Gasteiger partial charge in [0.05, 0.1) is 0 Å². The van der Waals surface area contributed by atoms with Crippen molar-refractivity contribution in [3.05, 3.63) is 41.8 Å². The van der Waals surface area contributed by atoms with Crippen LogP contribution in [-0.2, 0) is 0 Å². The predicted molar refractivity (Wildman–Crippen MR) is 58.6 cm³/mol. The molecule has 0 heterocycles. The summed E-state index contributed by atoms with van der Waals surface area (Å²) in [6.07, 6.45) is 0. The number of benzene rings is 1. The second kappa shape index (κ2) is 6.99. The Morgan fingerprint density at radius 3 is 2.08 bits per heavy atom. The molecule has 12 heavy (non-hydrogen) atoms. The van der Waals surface area contributed by atoms with Crippen LogP contribution in [-0.4, -0.2) is 0 Å². The van der Waals surface area contributed by atoms with Crippen LogP contribution in [0.2, 0.25) is 0 Å². The number of hydrogen-bond acceptors (Lipinski definition) is 1. The van der Waals surface area contributed by atoms with Gasteiger partial charge in [-0.3, -0.25) is 0 Å². The van der Waals surface area contributed by atoms with Crippen molar-refractivity contribution >= 4 is 11.8 Å². The van der Waals surface area contributed by atoms with Gasteiger partial charge in [-0.25, -0.2) is 0 Å². The van der Waals surface area contributed by atoms with E-state index in [2.05, 4.69) is 37.8 Å². The van der Waals surface area contributed by atoms with Gasteiger partial charge in [0.2, 0.25) is 0 Å². The Morgan fingerprint density at radius 2 is 1.67 bits per heavy atom. The highest BCUT2D eigenvalue weighted by Gasteiger charge is 1.86. The fraction of sp³-hybridized carbons (Fsp3) is 0.273. The minimum atomic E-state index is 1.25. The van der Waals surface area contributed by atoms with Crippen molar-refractivity contribution < 1.29 is 0 Å². The summed E-state index contributed by atoms with van der Waals surface area (Å²) in [5.74, 6) is 0. The average molecular weight is 180 g/mol. The molecule has 0 aliphatic heterocycles. The van der Waals surface area contributed by atoms with Gasteiger partial charge >= 0.3 is 0 Å². The smallest absolute Gasteiger partial charge is 0.0116 e. The maximum atomic E-state index is 3.64. The molecule has 0 atom stereocenters. The molecule has 0 aromatic heterocycles. The largest absolute Gasteiger partial charge is 0.0987 e. The summed E-state index contributed by atoms with van der Waals surface area (Å²) in [5.41, 5.74) is 1.30. The van der Waals surface area contributed by atoms with Crippen molar-refractivity contribution in [2.45, 2.75) is 25.7 Å². The zero-order valence-corrected chi connectivity index (χ0v) is 8.82. The van der Waals surface area contributed by atoms with E-state index in [0.29, 0.717) is 0 Å². The zero-order valence-electron chi connectivity index (χ0n) is 8.00. The van der Waals surface area contributed by atoms with Gasteiger partial charge in [0, 0.05) is 4.90 Å². The Bertz CT molecular complexity index is 211. The number of rotatable bonds is 2. The Balaban J connectivity index is 0.000000561. The van der Waals surface area contributed by atoms with Gasteiger partial charge in [-0.15, -0.1) is 0 Å². The average Bonchev–Trinajstić information content (AvgIpc) is 2.13. The normalized spacial score (nSPS) is 8.25. The lowest BCUT2D eigenvalue weighted by molar-refractivity contribution is 1.38. The molecule has 1 aromatic rings. The summed E-state index contributed by atoms with van der Waals surface area (Å²) in [5, 5.41) is 1.84. The summed E-state index contributed by atoms with van der Waals surface area (Å²) in [6, 6.07) is 8.40. The lowest BCUT2D eigenvalue weighted by atomic mass is 10.2. The van der Waals surface area contributed by atoms with Crippen LogP contribution in [0.3, 0.4) is 0 Å². The lowest BCUT2D eigenvalue weighted by Crippen LogP contribution is -1.69. The summed E-state index contributed by atoms with van der Waals surface area (Å²) in [6.45, 7) is 9.73. The lowest BCUT2D eigenvalue weighted by Gasteiger charge is -1.94. The van der Waals surface area contributed by atoms with E-state index in [9.17, 15) is 0 Å². The van der Waals surface area contributed by atoms with Crippen molar-refractivity contribution in [1.29, 1.82) is 0 Å². The Morgan fingerprint density at radius 1 is 1.17 bits per heavy atom. The molecule has 1 rings (SSSR count). The molecule has 0 fully saturated rings. The molecule has 0 unspecified atom stereocenters. The minimum absolute atomic E-state index is 1.25. The van der Waals surface area contributed by atoms with Crippen molar-refractivity contribution in [3.63, 3.8) is 0 Å². The first-order chi connectivity index (χ1) is 5.83. The first-order valence-electron chi connectivity index (χ1n) is 4.17. The standard InChI is InChI=1S/C9H10S.C2H6/c1-3-10-9-6-4-8(2)5-7-9;1-2/h3-7H,1H2,2H3;1-2H3. The third-order valence-electron chi connectivity index (χ3n) is 1.24. The molecular formula is C11H16S. The number of thioether (sulfide) groups is 1. The van der Waals surface area contributed by atoms with Gasteiger partial charge in [0.25, 0.3) is 0 Å². The zero-order chi connectivity index (χ0) is 9.40. The first-order valence-corrected chi connectivity index (χ1v) is 5.05. The summed E-state index contributed by atoms with van der Waals surface area (Å²) < 4.78 is 0. The van der Waals surface area contributed by atoms with Crippen molar-refractivity contribution in [3.8, 4) is 0 Å². The second-order valence-corrected chi connectivity index (χ2v) is 3.14. The van der Waals surface area contributed by atoms with E-state index in [-0.39, 0.29) is 0 Å².